The average molecular weight is 365 g/mol. The number of aliphatic carboxylic acids is 1. The van der Waals surface area contributed by atoms with Crippen LogP contribution in [0.5, 0.6) is 0 Å². The van der Waals surface area contributed by atoms with Crippen LogP contribution < -0.4 is 5.11 Å². The van der Waals surface area contributed by atoms with Crippen LogP contribution >= 0.6 is 0 Å². The summed E-state index contributed by atoms with van der Waals surface area (Å²) >= 11 is 0. The van der Waals surface area contributed by atoms with E-state index in [4.69, 9.17) is 14.2 Å². The van der Waals surface area contributed by atoms with Crippen LogP contribution in [0.1, 0.15) is 45.8 Å². The number of ether oxygens (including phenoxy) is 3. The fraction of sp³-hybridized carbons (Fsp3) is 0.526. The molecule has 0 saturated carbocycles. The molecule has 0 fully saturated rings. The first kappa shape index (κ1) is 21.5. The highest BCUT2D eigenvalue weighted by Gasteiger charge is 2.29. The van der Waals surface area contributed by atoms with Gasteiger partial charge in [0.05, 0.1) is 12.5 Å². The molecule has 0 aliphatic heterocycles. The lowest BCUT2D eigenvalue weighted by Gasteiger charge is -2.26. The van der Waals surface area contributed by atoms with Crippen LogP contribution in [0.3, 0.4) is 0 Å². The normalized spacial score (nSPS) is 15.2. The van der Waals surface area contributed by atoms with Crippen molar-refractivity contribution in [3.05, 3.63) is 35.9 Å². The molecule has 4 unspecified atom stereocenters. The Morgan fingerprint density at radius 1 is 1.00 bits per heavy atom. The Hall–Kier alpha value is -2.57. The minimum absolute atomic E-state index is 0.0930. The number of hydrogen-bond donors (Lipinski definition) is 0. The van der Waals surface area contributed by atoms with Crippen molar-refractivity contribution in [2.45, 2.75) is 46.3 Å². The molecule has 0 radical (unpaired) electrons. The predicted octanol–water partition coefficient (Wildman–Crippen LogP) is 2.24. The van der Waals surface area contributed by atoms with Crippen LogP contribution in [-0.4, -0.2) is 30.8 Å². The number of carbonyl (C=O) groups excluding carboxylic acids is 3. The van der Waals surface area contributed by atoms with E-state index in [2.05, 4.69) is 0 Å². The van der Waals surface area contributed by atoms with Gasteiger partial charge in [-0.1, -0.05) is 44.2 Å². The number of carbonyl (C=O) groups is 3. The van der Waals surface area contributed by atoms with Crippen molar-refractivity contribution in [2.75, 3.05) is 6.61 Å². The summed E-state index contributed by atoms with van der Waals surface area (Å²) in [7, 11) is 0. The number of carboxylic acid groups (broad SMARTS) is 1. The number of benzene rings is 1. The van der Waals surface area contributed by atoms with E-state index in [-0.39, 0.29) is 13.0 Å². The van der Waals surface area contributed by atoms with E-state index >= 15 is 0 Å². The topological polar surface area (TPSA) is 102 Å². The van der Waals surface area contributed by atoms with Gasteiger partial charge >= 0.3 is 12.1 Å². The standard InChI is InChI=1S/C19H26O7/c1-5-24-19(23)25-14(4)16(15-9-7-6-8-10-15)26-18(22)13(3)11-12(2)17(20)21/h6-10,12-14,16H,5,11H2,1-4H3,(H,20,21)/p-1. The SMILES string of the molecule is CCOC(=O)OC(C)C(OC(=O)C(C)CC(C)C(=O)[O-])c1ccccc1. The molecular weight excluding hydrogens is 340 g/mol. The first-order valence-electron chi connectivity index (χ1n) is 8.55. The molecule has 7 heteroatoms. The van der Waals surface area contributed by atoms with Crippen LogP contribution in [-0.2, 0) is 23.8 Å². The van der Waals surface area contributed by atoms with Crippen LogP contribution in [0.2, 0.25) is 0 Å². The first-order chi connectivity index (χ1) is 12.3. The summed E-state index contributed by atoms with van der Waals surface area (Å²) in [5.41, 5.74) is 0.651. The number of rotatable bonds is 9. The van der Waals surface area contributed by atoms with E-state index in [1.807, 2.05) is 6.07 Å². The number of hydrogen-bond acceptors (Lipinski definition) is 7. The molecule has 0 amide bonds. The van der Waals surface area contributed by atoms with Gasteiger partial charge in [0.2, 0.25) is 0 Å². The number of carboxylic acids is 1. The van der Waals surface area contributed by atoms with Gasteiger partial charge in [0.15, 0.2) is 6.10 Å². The average Bonchev–Trinajstić information content (AvgIpc) is 2.59. The van der Waals surface area contributed by atoms with Gasteiger partial charge < -0.3 is 24.1 Å². The maximum Gasteiger partial charge on any atom is 0.508 e. The van der Waals surface area contributed by atoms with Gasteiger partial charge in [0.1, 0.15) is 6.10 Å². The number of esters is 1. The highest BCUT2D eigenvalue weighted by atomic mass is 16.7. The van der Waals surface area contributed by atoms with Crippen molar-refractivity contribution in [2.24, 2.45) is 11.8 Å². The van der Waals surface area contributed by atoms with Crippen LogP contribution in [0.4, 0.5) is 4.79 Å². The van der Waals surface area contributed by atoms with Crippen molar-refractivity contribution < 1.29 is 33.7 Å². The summed E-state index contributed by atoms with van der Waals surface area (Å²) in [5, 5.41) is 10.9. The summed E-state index contributed by atoms with van der Waals surface area (Å²) in [6.45, 7) is 6.47. The third-order valence-corrected chi connectivity index (χ3v) is 3.85. The molecule has 0 N–H and O–H groups in total. The van der Waals surface area contributed by atoms with Gasteiger partial charge in [-0.3, -0.25) is 4.79 Å². The summed E-state index contributed by atoms with van der Waals surface area (Å²) in [5.74, 6) is -3.22. The van der Waals surface area contributed by atoms with Crippen LogP contribution in [0, 0.1) is 11.8 Å². The van der Waals surface area contributed by atoms with Crippen molar-refractivity contribution in [3.63, 3.8) is 0 Å². The molecule has 4 atom stereocenters. The fourth-order valence-electron chi connectivity index (χ4n) is 2.41. The molecule has 0 spiro atoms. The molecule has 0 bridgehead atoms. The second kappa shape index (κ2) is 10.4. The molecule has 1 aromatic carbocycles. The molecule has 0 aliphatic carbocycles. The Labute approximate surface area is 153 Å². The van der Waals surface area contributed by atoms with Gasteiger partial charge in [-0.15, -0.1) is 0 Å². The highest BCUT2D eigenvalue weighted by molar-refractivity contribution is 5.74. The van der Waals surface area contributed by atoms with E-state index in [0.717, 1.165) is 0 Å². The zero-order valence-electron chi connectivity index (χ0n) is 15.5. The largest absolute Gasteiger partial charge is 0.550 e. The molecule has 1 aromatic rings. The Bertz CT molecular complexity index is 599. The summed E-state index contributed by atoms with van der Waals surface area (Å²) in [6, 6.07) is 8.85. The van der Waals surface area contributed by atoms with E-state index in [9.17, 15) is 19.5 Å². The Morgan fingerprint density at radius 3 is 2.15 bits per heavy atom. The van der Waals surface area contributed by atoms with Crippen molar-refractivity contribution in [1.82, 2.24) is 0 Å². The lowest BCUT2D eigenvalue weighted by Crippen LogP contribution is -2.33. The molecular formula is C19H25O7-. The van der Waals surface area contributed by atoms with Crippen LogP contribution in [0.25, 0.3) is 0 Å². The molecule has 144 valence electrons. The molecule has 7 nitrogen and oxygen atoms in total. The smallest absolute Gasteiger partial charge is 0.508 e. The predicted molar refractivity (Wildman–Crippen MR) is 90.8 cm³/mol. The summed E-state index contributed by atoms with van der Waals surface area (Å²) in [6.07, 6.45) is -2.38. The van der Waals surface area contributed by atoms with Gasteiger partial charge in [0.25, 0.3) is 0 Å². The lowest BCUT2D eigenvalue weighted by molar-refractivity contribution is -0.311. The Kier molecular flexibility index (Phi) is 8.61. The van der Waals surface area contributed by atoms with E-state index in [1.165, 1.54) is 6.92 Å². The maximum absolute atomic E-state index is 12.4. The second-order valence-electron chi connectivity index (χ2n) is 6.13. The summed E-state index contributed by atoms with van der Waals surface area (Å²) < 4.78 is 15.5. The molecule has 0 saturated heterocycles. The lowest BCUT2D eigenvalue weighted by atomic mass is 9.97. The maximum atomic E-state index is 12.4. The van der Waals surface area contributed by atoms with Crippen molar-refractivity contribution in [1.29, 1.82) is 0 Å². The van der Waals surface area contributed by atoms with E-state index in [0.29, 0.717) is 5.56 Å². The van der Waals surface area contributed by atoms with Crippen LogP contribution in [0.15, 0.2) is 30.3 Å². The monoisotopic (exact) mass is 365 g/mol. The van der Waals surface area contributed by atoms with Gasteiger partial charge in [-0.05, 0) is 31.7 Å². The highest BCUT2D eigenvalue weighted by Crippen LogP contribution is 2.26. The first-order valence-corrected chi connectivity index (χ1v) is 8.55. The van der Waals surface area contributed by atoms with E-state index < -0.39 is 42.1 Å². The summed E-state index contributed by atoms with van der Waals surface area (Å²) in [4.78, 5) is 34.8. The quantitative estimate of drug-likeness (QED) is 0.618. The van der Waals surface area contributed by atoms with Gasteiger partial charge in [-0.2, -0.15) is 0 Å². The van der Waals surface area contributed by atoms with Crippen molar-refractivity contribution in [3.8, 4) is 0 Å². The molecule has 0 heterocycles. The van der Waals surface area contributed by atoms with Gasteiger partial charge in [0, 0.05) is 5.97 Å². The minimum Gasteiger partial charge on any atom is -0.550 e. The fourth-order valence-corrected chi connectivity index (χ4v) is 2.41. The third kappa shape index (κ3) is 6.74. The zero-order chi connectivity index (χ0) is 19.7. The second-order valence-corrected chi connectivity index (χ2v) is 6.13. The zero-order valence-corrected chi connectivity index (χ0v) is 15.5. The Morgan fingerprint density at radius 2 is 1.62 bits per heavy atom. The molecule has 0 aromatic heterocycles. The minimum atomic E-state index is -1.22. The van der Waals surface area contributed by atoms with E-state index in [1.54, 1.807) is 45.0 Å². The third-order valence-electron chi connectivity index (χ3n) is 3.85. The molecule has 1 rings (SSSR count). The Balaban J connectivity index is 2.87. The van der Waals surface area contributed by atoms with Crippen molar-refractivity contribution >= 4 is 18.1 Å². The molecule has 26 heavy (non-hydrogen) atoms. The molecule has 0 aliphatic rings. The van der Waals surface area contributed by atoms with Gasteiger partial charge in [-0.25, -0.2) is 4.79 Å².